The lowest BCUT2D eigenvalue weighted by Crippen LogP contribution is -2.60. The van der Waals surface area contributed by atoms with Gasteiger partial charge in [0.15, 0.2) is 5.96 Å². The van der Waals surface area contributed by atoms with Crippen molar-refractivity contribution in [2.24, 2.45) is 50.9 Å². The van der Waals surface area contributed by atoms with Crippen molar-refractivity contribution in [2.75, 3.05) is 45.8 Å². The zero-order valence-electron chi connectivity index (χ0n) is 41.6. The highest BCUT2D eigenvalue weighted by molar-refractivity contribution is 6.00. The Hall–Kier alpha value is -6.79. The number of aromatic amines is 1. The van der Waals surface area contributed by atoms with Crippen LogP contribution in [0, 0.1) is 0 Å². The number of aliphatic imine (C=N–C) groups is 1. The van der Waals surface area contributed by atoms with Crippen LogP contribution in [0.4, 0.5) is 0 Å². The summed E-state index contributed by atoms with van der Waals surface area (Å²) >= 11 is 0. The second-order valence-electron chi connectivity index (χ2n) is 17.5. The van der Waals surface area contributed by atoms with E-state index in [-0.39, 0.29) is 69.8 Å². The van der Waals surface area contributed by atoms with E-state index in [0.717, 1.165) is 12.8 Å². The number of nitrogens with one attached hydrogen (secondary N) is 8. The quantitative estimate of drug-likeness (QED) is 0.0130. The summed E-state index contributed by atoms with van der Waals surface area (Å²) < 4.78 is 0. The van der Waals surface area contributed by atoms with Gasteiger partial charge in [-0.15, -0.1) is 0 Å². The standard InChI is InChI=1S/C44H79N19O10/c1-25(57-42(72)35(33(64)21-48)62-38(68)27(49)10-3-2-5-15-45)37(67)55-23-34(65)58-30(12-7-17-47)43(73)63-19-9-14-32(63)41(71)61-31(20-26-22-53-24-56-26)40(70)60-29(11-4-6-16-46)39(69)59-28(36(50)66)13-8-18-54-44(51)52/h13,22,24-25,27,29-33,35,64H,2-12,14-21,23,45-49H2,1H3,(H2,50,66)(H,53,56)(H,55,67)(H,57,72)(H,58,65)(H,59,69)(H,60,70)(H,61,71)(H,62,68)(H4,51,52,54)/b28-13-/t25-,27-,29-,30+,31-,32-,33-,35-/m0/s1. The zero-order valence-corrected chi connectivity index (χ0v) is 41.6. The number of imidazole rings is 1. The lowest BCUT2D eigenvalue weighted by molar-refractivity contribution is -0.142. The molecule has 2 heterocycles. The first kappa shape index (κ1) is 62.3. The zero-order chi connectivity index (χ0) is 54.5. The summed E-state index contributed by atoms with van der Waals surface area (Å²) in [7, 11) is 0. The number of guanidine groups is 1. The highest BCUT2D eigenvalue weighted by Crippen LogP contribution is 2.20. The molecule has 0 spiro atoms. The fourth-order valence-electron chi connectivity index (χ4n) is 7.53. The summed E-state index contributed by atoms with van der Waals surface area (Å²) in [5, 5.41) is 28.0. The average molecular weight is 1030 g/mol. The predicted molar refractivity (Wildman–Crippen MR) is 268 cm³/mol. The van der Waals surface area contributed by atoms with Crippen LogP contribution in [0.1, 0.15) is 89.7 Å². The minimum atomic E-state index is -1.55. The van der Waals surface area contributed by atoms with Crippen LogP contribution >= 0.6 is 0 Å². The van der Waals surface area contributed by atoms with Gasteiger partial charge in [-0.1, -0.05) is 18.9 Å². The third-order valence-corrected chi connectivity index (χ3v) is 11.6. The molecule has 0 saturated carbocycles. The van der Waals surface area contributed by atoms with Gasteiger partial charge in [0.05, 0.1) is 25.0 Å². The molecule has 1 fully saturated rings. The summed E-state index contributed by atoms with van der Waals surface area (Å²) in [6.45, 7) is 1.39. The van der Waals surface area contributed by atoms with Gasteiger partial charge in [-0.2, -0.15) is 0 Å². The van der Waals surface area contributed by atoms with Crippen molar-refractivity contribution >= 4 is 59.1 Å². The molecule has 0 aromatic carbocycles. The maximum absolute atomic E-state index is 14.2. The van der Waals surface area contributed by atoms with Gasteiger partial charge in [-0.3, -0.25) is 48.1 Å². The van der Waals surface area contributed by atoms with E-state index in [1.807, 2.05) is 0 Å². The van der Waals surface area contributed by atoms with Crippen LogP contribution in [0.2, 0.25) is 0 Å². The van der Waals surface area contributed by atoms with Crippen molar-refractivity contribution in [3.8, 4) is 0 Å². The van der Waals surface area contributed by atoms with Crippen molar-refractivity contribution in [3.63, 3.8) is 0 Å². The Labute approximate surface area is 424 Å². The molecule has 1 saturated heterocycles. The Bertz CT molecular complexity index is 2020. The number of H-pyrrole nitrogens is 1. The van der Waals surface area contributed by atoms with Crippen LogP contribution in [0.15, 0.2) is 29.3 Å². The third-order valence-electron chi connectivity index (χ3n) is 11.6. The van der Waals surface area contributed by atoms with Crippen LogP contribution in [0.25, 0.3) is 0 Å². The number of aromatic nitrogens is 2. The molecule has 0 unspecified atom stereocenters. The first-order chi connectivity index (χ1) is 34.8. The number of aliphatic hydroxyl groups is 1. The minimum absolute atomic E-state index is 0.0572. The number of aliphatic hydroxyl groups excluding tert-OH is 1. The maximum atomic E-state index is 14.2. The first-order valence-corrected chi connectivity index (χ1v) is 24.4. The van der Waals surface area contributed by atoms with Crippen molar-refractivity contribution in [3.05, 3.63) is 30.0 Å². The monoisotopic (exact) mass is 1030 g/mol. The van der Waals surface area contributed by atoms with E-state index in [1.54, 1.807) is 0 Å². The normalized spacial score (nSPS) is 16.3. The number of carbonyl (C=O) groups excluding carboxylic acids is 9. The van der Waals surface area contributed by atoms with E-state index in [2.05, 4.69) is 52.2 Å². The maximum Gasteiger partial charge on any atom is 0.264 e. The summed E-state index contributed by atoms with van der Waals surface area (Å²) in [4.78, 5) is 132. The average Bonchev–Trinajstić information content (AvgIpc) is 4.08. The van der Waals surface area contributed by atoms with Gasteiger partial charge in [-0.05, 0) is 90.8 Å². The Kier molecular flexibility index (Phi) is 28.8. The molecule has 0 aliphatic carbocycles. The van der Waals surface area contributed by atoms with Gasteiger partial charge in [0.2, 0.25) is 47.3 Å². The molecule has 73 heavy (non-hydrogen) atoms. The molecular weight excluding hydrogens is 955 g/mol. The largest absolute Gasteiger partial charge is 0.389 e. The number of primary amides is 1. The fraction of sp³-hybridized carbons (Fsp3) is 0.659. The second kappa shape index (κ2) is 33.8. The van der Waals surface area contributed by atoms with Gasteiger partial charge >= 0.3 is 0 Å². The van der Waals surface area contributed by atoms with Crippen LogP contribution in [0.5, 0.6) is 0 Å². The summed E-state index contributed by atoms with van der Waals surface area (Å²) in [6, 6.07) is -8.66. The van der Waals surface area contributed by atoms with Crippen LogP contribution in [-0.2, 0) is 49.6 Å². The molecule has 410 valence electrons. The number of hydrogen-bond acceptors (Lipinski definition) is 17. The van der Waals surface area contributed by atoms with Gasteiger partial charge in [0.25, 0.3) is 5.91 Å². The smallest absolute Gasteiger partial charge is 0.264 e. The van der Waals surface area contributed by atoms with Gasteiger partial charge in [0.1, 0.15) is 41.9 Å². The first-order valence-electron chi connectivity index (χ1n) is 24.4. The van der Waals surface area contributed by atoms with E-state index < -0.39 is 115 Å². The third kappa shape index (κ3) is 22.7. The molecule has 0 bridgehead atoms. The number of amides is 9. The van der Waals surface area contributed by atoms with Crippen molar-refractivity contribution < 1.29 is 48.3 Å². The predicted octanol–water partition coefficient (Wildman–Crippen LogP) is -7.31. The molecule has 1 aromatic heterocycles. The van der Waals surface area contributed by atoms with E-state index in [0.29, 0.717) is 50.9 Å². The van der Waals surface area contributed by atoms with Crippen molar-refractivity contribution in [1.29, 1.82) is 0 Å². The highest BCUT2D eigenvalue weighted by Gasteiger charge is 2.39. The van der Waals surface area contributed by atoms with Gasteiger partial charge in [-0.25, -0.2) is 4.98 Å². The lowest BCUT2D eigenvalue weighted by atomic mass is 10.1. The number of unbranched alkanes of at least 4 members (excludes halogenated alkanes) is 3. The van der Waals surface area contributed by atoms with E-state index in [9.17, 15) is 48.3 Å². The topological polar surface area (TPSA) is 511 Å². The minimum Gasteiger partial charge on any atom is -0.389 e. The number of carbonyl (C=O) groups is 9. The molecule has 9 amide bonds. The van der Waals surface area contributed by atoms with Crippen molar-refractivity contribution in [2.45, 2.75) is 139 Å². The molecule has 1 aromatic rings. The Morgan fingerprint density at radius 3 is 2.10 bits per heavy atom. The lowest BCUT2D eigenvalue weighted by Gasteiger charge is -2.30. The Morgan fingerprint density at radius 2 is 1.47 bits per heavy atom. The van der Waals surface area contributed by atoms with Crippen LogP contribution in [0.3, 0.4) is 0 Å². The number of nitrogens with two attached hydrogens (primary N) is 8. The van der Waals surface area contributed by atoms with Crippen LogP contribution < -0.4 is 83.1 Å². The van der Waals surface area contributed by atoms with E-state index in [4.69, 9.17) is 45.9 Å². The summed E-state index contributed by atoms with van der Waals surface area (Å²) in [5.41, 5.74) is 44.9. The van der Waals surface area contributed by atoms with E-state index in [1.165, 1.54) is 30.4 Å². The number of rotatable bonds is 35. The number of nitrogens with zero attached hydrogens (tertiary/aromatic N) is 3. The Morgan fingerprint density at radius 1 is 0.795 bits per heavy atom. The molecule has 29 nitrogen and oxygen atoms in total. The second-order valence-corrected chi connectivity index (χ2v) is 17.5. The number of hydrogen-bond donors (Lipinski definition) is 17. The number of likely N-dealkylation sites (tertiary alicyclic amines) is 1. The Balaban J connectivity index is 2.19. The van der Waals surface area contributed by atoms with Crippen LogP contribution in [-0.4, -0.2) is 173 Å². The summed E-state index contributed by atoms with van der Waals surface area (Å²) in [6.07, 6.45) is 6.96. The molecule has 25 N–H and O–H groups in total. The highest BCUT2D eigenvalue weighted by atomic mass is 16.3. The molecule has 29 heteroatoms. The SMILES string of the molecule is C[C@H](NC(=O)[C@@H](NC(=O)[C@@H](N)CCCCCN)[C@@H](O)CN)C(=O)NCC(=O)N[C@H](CCCN)C(=O)N1CCC[C@H]1C(=O)N[C@@H](Cc1cnc[nH]1)C(=O)N[C@@H](CCCCN)C(=O)N/C(=C\CCN=C(N)N)C(N)=O. The van der Waals surface area contributed by atoms with Crippen molar-refractivity contribution in [1.82, 2.24) is 52.1 Å². The van der Waals surface area contributed by atoms with E-state index >= 15 is 0 Å². The molecular formula is C44H79N19O10. The fourth-order valence-corrected chi connectivity index (χ4v) is 7.53. The molecule has 8 atom stereocenters. The molecule has 0 radical (unpaired) electrons. The molecule has 1 aliphatic heterocycles. The molecule has 1 aliphatic rings. The van der Waals surface area contributed by atoms with Gasteiger partial charge < -0.3 is 98.1 Å². The van der Waals surface area contributed by atoms with Gasteiger partial charge in [0, 0.05) is 37.9 Å². The molecule has 2 rings (SSSR count). The summed E-state index contributed by atoms with van der Waals surface area (Å²) in [5.74, 6) is -7.29.